The highest BCUT2D eigenvalue weighted by Crippen LogP contribution is 2.32. The van der Waals surface area contributed by atoms with Crippen molar-refractivity contribution >= 4 is 11.7 Å². The number of imidazole rings is 1. The van der Waals surface area contributed by atoms with Gasteiger partial charge in [0.15, 0.2) is 0 Å². The highest BCUT2D eigenvalue weighted by atomic mass is 16.3. The van der Waals surface area contributed by atoms with Crippen LogP contribution in [0, 0.1) is 6.92 Å². The Balaban J connectivity index is 1.58. The number of benzene rings is 1. The zero-order valence-electron chi connectivity index (χ0n) is 16.3. The molecule has 0 bridgehead atoms. The number of aromatic nitrogens is 3. The Hall–Kier alpha value is -3.09. The first-order chi connectivity index (χ1) is 13.7. The molecule has 1 unspecified atom stereocenters. The first-order valence-corrected chi connectivity index (χ1v) is 9.77. The van der Waals surface area contributed by atoms with Gasteiger partial charge >= 0.3 is 6.03 Å². The van der Waals surface area contributed by atoms with Crippen LogP contribution in [0.4, 0.5) is 10.5 Å². The van der Waals surface area contributed by atoms with Crippen LogP contribution >= 0.6 is 0 Å². The third-order valence-electron chi connectivity index (χ3n) is 5.39. The monoisotopic (exact) mass is 379 g/mol. The number of amides is 2. The zero-order chi connectivity index (χ0) is 19.5. The quantitative estimate of drug-likeness (QED) is 0.717. The molecule has 4 rings (SSSR count). The van der Waals surface area contributed by atoms with Crippen LogP contribution in [0.5, 0.6) is 0 Å². The molecule has 0 aliphatic carbocycles. The Labute approximate surface area is 164 Å². The van der Waals surface area contributed by atoms with Crippen LogP contribution in [0.3, 0.4) is 0 Å². The van der Waals surface area contributed by atoms with E-state index in [1.165, 1.54) is 0 Å². The number of carbonyl (C=O) groups is 1. The van der Waals surface area contributed by atoms with E-state index in [0.29, 0.717) is 5.89 Å². The van der Waals surface area contributed by atoms with Crippen LogP contribution in [-0.4, -0.2) is 32.0 Å². The number of hydrogen-bond donors (Lipinski definition) is 1. The van der Waals surface area contributed by atoms with Crippen molar-refractivity contribution in [2.45, 2.75) is 45.7 Å². The summed E-state index contributed by atoms with van der Waals surface area (Å²) in [7, 11) is 0. The Bertz CT molecular complexity index is 948. The summed E-state index contributed by atoms with van der Waals surface area (Å²) >= 11 is 0. The van der Waals surface area contributed by atoms with E-state index in [1.54, 1.807) is 12.5 Å². The molecule has 7 heteroatoms. The molecule has 2 amide bonds. The number of hydrogen-bond acceptors (Lipinski definition) is 4. The second-order valence-corrected chi connectivity index (χ2v) is 7.02. The highest BCUT2D eigenvalue weighted by molar-refractivity contribution is 5.91. The van der Waals surface area contributed by atoms with E-state index >= 15 is 0 Å². The average molecular weight is 379 g/mol. The first-order valence-electron chi connectivity index (χ1n) is 9.77. The predicted molar refractivity (Wildman–Crippen MR) is 107 cm³/mol. The van der Waals surface area contributed by atoms with Crippen LogP contribution in [0.15, 0.2) is 47.5 Å². The van der Waals surface area contributed by atoms with Crippen molar-refractivity contribution in [1.29, 1.82) is 0 Å². The van der Waals surface area contributed by atoms with Crippen molar-refractivity contribution in [2.24, 2.45) is 0 Å². The van der Waals surface area contributed by atoms with E-state index < -0.39 is 0 Å². The fourth-order valence-corrected chi connectivity index (χ4v) is 3.87. The normalized spacial score (nSPS) is 16.9. The number of anilines is 1. The van der Waals surface area contributed by atoms with E-state index in [1.807, 2.05) is 42.4 Å². The minimum absolute atomic E-state index is 0.000991. The molecule has 3 aromatic rings. The molecule has 28 heavy (non-hydrogen) atoms. The van der Waals surface area contributed by atoms with Gasteiger partial charge < -0.3 is 19.2 Å². The standard InChI is InChI=1S/C21H25N5O2/c1-3-25-13-10-22-19(25)18-9-4-5-12-26(18)21(27)24-17-8-6-7-16(15(17)2)20-23-11-14-28-20/h6-8,10-11,13-14,18H,3-5,9,12H2,1-2H3,(H,24,27). The number of nitrogens with zero attached hydrogens (tertiary/aromatic N) is 4. The van der Waals surface area contributed by atoms with Gasteiger partial charge in [0.05, 0.1) is 12.2 Å². The molecule has 2 aromatic heterocycles. The summed E-state index contributed by atoms with van der Waals surface area (Å²) in [5.41, 5.74) is 2.57. The van der Waals surface area contributed by atoms with Crippen molar-refractivity contribution in [2.75, 3.05) is 11.9 Å². The molecule has 146 valence electrons. The number of urea groups is 1. The third kappa shape index (κ3) is 3.40. The number of carbonyl (C=O) groups excluding carboxylic acids is 1. The van der Waals surface area contributed by atoms with Gasteiger partial charge in [-0.15, -0.1) is 0 Å². The molecule has 1 atom stereocenters. The molecule has 1 aromatic carbocycles. The molecule has 1 aliphatic rings. The minimum Gasteiger partial charge on any atom is -0.445 e. The molecule has 7 nitrogen and oxygen atoms in total. The Morgan fingerprint density at radius 2 is 2.18 bits per heavy atom. The summed E-state index contributed by atoms with van der Waals surface area (Å²) in [5.74, 6) is 1.51. The number of likely N-dealkylation sites (tertiary alicyclic amines) is 1. The molecular formula is C21H25N5O2. The number of nitrogens with one attached hydrogen (secondary N) is 1. The van der Waals surface area contributed by atoms with Crippen molar-refractivity contribution in [3.63, 3.8) is 0 Å². The summed E-state index contributed by atoms with van der Waals surface area (Å²) in [6, 6.07) is 5.66. The smallest absolute Gasteiger partial charge is 0.322 e. The van der Waals surface area contributed by atoms with Crippen molar-refractivity contribution in [3.8, 4) is 11.5 Å². The molecule has 0 spiro atoms. The molecule has 1 saturated heterocycles. The lowest BCUT2D eigenvalue weighted by atomic mass is 10.0. The van der Waals surface area contributed by atoms with Crippen LogP contribution in [0.1, 0.15) is 43.6 Å². The van der Waals surface area contributed by atoms with Gasteiger partial charge in [0.25, 0.3) is 0 Å². The largest absolute Gasteiger partial charge is 0.445 e. The summed E-state index contributed by atoms with van der Waals surface area (Å²) in [6.45, 7) is 5.63. The summed E-state index contributed by atoms with van der Waals surface area (Å²) in [5, 5.41) is 3.09. The predicted octanol–water partition coefficient (Wildman–Crippen LogP) is 4.63. The molecule has 3 heterocycles. The minimum atomic E-state index is -0.0944. The fraction of sp³-hybridized carbons (Fsp3) is 0.381. The fourth-order valence-electron chi connectivity index (χ4n) is 3.87. The van der Waals surface area contributed by atoms with Crippen molar-refractivity contribution in [1.82, 2.24) is 19.4 Å². The number of aryl methyl sites for hydroxylation is 1. The Kier molecular flexibility index (Phi) is 5.14. The summed E-state index contributed by atoms with van der Waals surface area (Å²) in [4.78, 5) is 23.8. The second-order valence-electron chi connectivity index (χ2n) is 7.02. The highest BCUT2D eigenvalue weighted by Gasteiger charge is 2.31. The lowest BCUT2D eigenvalue weighted by Crippen LogP contribution is -2.42. The van der Waals surface area contributed by atoms with Crippen LogP contribution in [0.25, 0.3) is 11.5 Å². The Morgan fingerprint density at radius 1 is 1.29 bits per heavy atom. The maximum atomic E-state index is 13.2. The maximum Gasteiger partial charge on any atom is 0.322 e. The zero-order valence-corrected chi connectivity index (χ0v) is 16.3. The Morgan fingerprint density at radius 3 is 2.96 bits per heavy atom. The van der Waals surface area contributed by atoms with E-state index in [-0.39, 0.29) is 12.1 Å². The van der Waals surface area contributed by atoms with Crippen LogP contribution < -0.4 is 5.32 Å². The lowest BCUT2D eigenvalue weighted by Gasteiger charge is -2.35. The molecule has 1 fully saturated rings. The molecule has 0 saturated carbocycles. The van der Waals surface area contributed by atoms with Crippen molar-refractivity contribution in [3.05, 3.63) is 54.4 Å². The SMILES string of the molecule is CCn1ccnc1C1CCCCN1C(=O)Nc1cccc(-c2ncco2)c1C. The summed E-state index contributed by atoms with van der Waals surface area (Å²) in [6.07, 6.45) is 10.00. The number of piperidine rings is 1. The van der Waals surface area contributed by atoms with E-state index in [9.17, 15) is 4.79 Å². The van der Waals surface area contributed by atoms with Crippen LogP contribution in [0.2, 0.25) is 0 Å². The van der Waals surface area contributed by atoms with Crippen molar-refractivity contribution < 1.29 is 9.21 Å². The second kappa shape index (κ2) is 7.88. The molecule has 1 N–H and O–H groups in total. The van der Waals surface area contributed by atoms with Gasteiger partial charge in [-0.3, -0.25) is 0 Å². The third-order valence-corrected chi connectivity index (χ3v) is 5.39. The van der Waals surface area contributed by atoms with Gasteiger partial charge in [-0.2, -0.15) is 0 Å². The molecule has 0 radical (unpaired) electrons. The van der Waals surface area contributed by atoms with Gasteiger partial charge in [-0.25, -0.2) is 14.8 Å². The van der Waals surface area contributed by atoms with E-state index in [4.69, 9.17) is 4.42 Å². The maximum absolute atomic E-state index is 13.2. The van der Waals surface area contributed by atoms with Gasteiger partial charge in [0, 0.05) is 36.7 Å². The number of oxazole rings is 1. The average Bonchev–Trinajstić information content (AvgIpc) is 3.41. The molecule has 1 aliphatic heterocycles. The van der Waals surface area contributed by atoms with E-state index in [0.717, 1.165) is 55.0 Å². The number of rotatable bonds is 4. The lowest BCUT2D eigenvalue weighted by molar-refractivity contribution is 0.157. The van der Waals surface area contributed by atoms with Gasteiger partial charge in [-0.05, 0) is 50.8 Å². The summed E-state index contributed by atoms with van der Waals surface area (Å²) < 4.78 is 7.54. The van der Waals surface area contributed by atoms with Gasteiger partial charge in [-0.1, -0.05) is 6.07 Å². The molecular weight excluding hydrogens is 354 g/mol. The van der Waals surface area contributed by atoms with E-state index in [2.05, 4.69) is 26.8 Å². The van der Waals surface area contributed by atoms with Gasteiger partial charge in [0.1, 0.15) is 12.1 Å². The first kappa shape index (κ1) is 18.3. The van der Waals surface area contributed by atoms with Crippen LogP contribution in [-0.2, 0) is 6.54 Å². The van der Waals surface area contributed by atoms with Gasteiger partial charge in [0.2, 0.25) is 5.89 Å². The topological polar surface area (TPSA) is 76.2 Å².